The summed E-state index contributed by atoms with van der Waals surface area (Å²) in [6.45, 7) is 6.07. The number of rotatable bonds is 5. The molecule has 0 bridgehead atoms. The van der Waals surface area contributed by atoms with Crippen LogP contribution in [0.4, 0.5) is 11.4 Å². The number of benzene rings is 2. The predicted octanol–water partition coefficient (Wildman–Crippen LogP) is 3.26. The van der Waals surface area contributed by atoms with Crippen molar-refractivity contribution in [3.05, 3.63) is 69.8 Å². The van der Waals surface area contributed by atoms with Gasteiger partial charge >= 0.3 is 0 Å². The Morgan fingerprint density at radius 3 is 2.31 bits per heavy atom. The summed E-state index contributed by atoms with van der Waals surface area (Å²) in [4.78, 5) is 34.2. The normalized spacial score (nSPS) is 10.9. The van der Waals surface area contributed by atoms with Crippen molar-refractivity contribution in [3.8, 4) is 0 Å². The van der Waals surface area contributed by atoms with E-state index < -0.39 is 10.8 Å². The highest BCUT2D eigenvalue weighted by Crippen LogP contribution is 2.23. The zero-order valence-electron chi connectivity index (χ0n) is 14.9. The minimum Gasteiger partial charge on any atom is -0.343 e. The standard InChI is InChI=1S/C19H21N3O4/c1-19(2,3)14-7-9-15(10-8-14)21-17(23)12-20-18(24)13-5-4-6-16(11-13)22(25)26/h4-11H,12H2,1-3H3,(H,20,24)(H,21,23). The highest BCUT2D eigenvalue weighted by atomic mass is 16.6. The van der Waals surface area contributed by atoms with Crippen molar-refractivity contribution >= 4 is 23.2 Å². The Labute approximate surface area is 151 Å². The highest BCUT2D eigenvalue weighted by molar-refractivity contribution is 5.99. The summed E-state index contributed by atoms with van der Waals surface area (Å²) in [6, 6.07) is 12.8. The van der Waals surface area contributed by atoms with Gasteiger partial charge < -0.3 is 10.6 Å². The number of amides is 2. The van der Waals surface area contributed by atoms with Gasteiger partial charge in [0.1, 0.15) is 0 Å². The topological polar surface area (TPSA) is 101 Å². The number of nitrogens with zero attached hydrogens (tertiary/aromatic N) is 1. The summed E-state index contributed by atoms with van der Waals surface area (Å²) in [5.41, 5.74) is 1.75. The van der Waals surface area contributed by atoms with Gasteiger partial charge in [-0.2, -0.15) is 0 Å². The number of nitrogens with one attached hydrogen (secondary N) is 2. The Bertz CT molecular complexity index is 823. The number of hydrogen-bond donors (Lipinski definition) is 2. The molecule has 0 unspecified atom stereocenters. The number of non-ortho nitro benzene ring substituents is 1. The van der Waals surface area contributed by atoms with Crippen molar-refractivity contribution in [2.24, 2.45) is 0 Å². The second kappa shape index (κ2) is 7.77. The summed E-state index contributed by atoms with van der Waals surface area (Å²) in [5, 5.41) is 15.9. The van der Waals surface area contributed by atoms with Crippen LogP contribution in [0.1, 0.15) is 36.7 Å². The lowest BCUT2D eigenvalue weighted by Gasteiger charge is -2.19. The number of anilines is 1. The Morgan fingerprint density at radius 1 is 1.08 bits per heavy atom. The van der Waals surface area contributed by atoms with E-state index in [1.165, 1.54) is 24.3 Å². The van der Waals surface area contributed by atoms with Crippen LogP contribution in [0.3, 0.4) is 0 Å². The molecule has 2 amide bonds. The molecule has 0 fully saturated rings. The molecule has 0 spiro atoms. The molecular weight excluding hydrogens is 334 g/mol. The highest BCUT2D eigenvalue weighted by Gasteiger charge is 2.14. The van der Waals surface area contributed by atoms with Crippen LogP contribution in [0, 0.1) is 10.1 Å². The lowest BCUT2D eigenvalue weighted by atomic mass is 9.87. The Morgan fingerprint density at radius 2 is 1.73 bits per heavy atom. The third-order valence-corrected chi connectivity index (χ3v) is 3.76. The number of hydrogen-bond acceptors (Lipinski definition) is 4. The smallest absolute Gasteiger partial charge is 0.270 e. The minimum atomic E-state index is -0.579. The van der Waals surface area contributed by atoms with Gasteiger partial charge in [-0.3, -0.25) is 19.7 Å². The average Bonchev–Trinajstić information content (AvgIpc) is 2.59. The Balaban J connectivity index is 1.91. The summed E-state index contributed by atoms with van der Waals surface area (Å²) >= 11 is 0. The van der Waals surface area contributed by atoms with E-state index in [0.29, 0.717) is 5.69 Å². The number of carbonyl (C=O) groups excluding carboxylic acids is 2. The quantitative estimate of drug-likeness (QED) is 0.635. The summed E-state index contributed by atoms with van der Waals surface area (Å²) in [6.07, 6.45) is 0. The lowest BCUT2D eigenvalue weighted by Crippen LogP contribution is -2.32. The molecule has 0 saturated carbocycles. The first-order chi connectivity index (χ1) is 12.2. The van der Waals surface area contributed by atoms with Crippen molar-refractivity contribution in [2.45, 2.75) is 26.2 Å². The maximum atomic E-state index is 12.0. The molecule has 26 heavy (non-hydrogen) atoms. The molecule has 0 aliphatic rings. The van der Waals surface area contributed by atoms with E-state index >= 15 is 0 Å². The van der Waals surface area contributed by atoms with Crippen LogP contribution in [0.15, 0.2) is 48.5 Å². The predicted molar refractivity (Wildman–Crippen MR) is 99.2 cm³/mol. The van der Waals surface area contributed by atoms with Crippen molar-refractivity contribution < 1.29 is 14.5 Å². The molecule has 7 heteroatoms. The van der Waals surface area contributed by atoms with Gasteiger partial charge in [0.05, 0.1) is 11.5 Å². The van der Waals surface area contributed by atoms with Crippen molar-refractivity contribution in [1.29, 1.82) is 0 Å². The SMILES string of the molecule is CC(C)(C)c1ccc(NC(=O)CNC(=O)c2cccc([N+](=O)[O-])c2)cc1. The third kappa shape index (κ3) is 5.14. The van der Waals surface area contributed by atoms with E-state index in [9.17, 15) is 19.7 Å². The van der Waals surface area contributed by atoms with Crippen LogP contribution < -0.4 is 10.6 Å². The molecule has 2 rings (SSSR count). The van der Waals surface area contributed by atoms with Crippen molar-refractivity contribution in [2.75, 3.05) is 11.9 Å². The van der Waals surface area contributed by atoms with Crippen LogP contribution in [-0.2, 0) is 10.2 Å². The fourth-order valence-electron chi connectivity index (χ4n) is 2.28. The third-order valence-electron chi connectivity index (χ3n) is 3.76. The first-order valence-electron chi connectivity index (χ1n) is 8.10. The summed E-state index contributed by atoms with van der Waals surface area (Å²) in [5.74, 6) is -0.931. The van der Waals surface area contributed by atoms with Gasteiger partial charge in [0.2, 0.25) is 5.91 Å². The lowest BCUT2D eigenvalue weighted by molar-refractivity contribution is -0.384. The van der Waals surface area contributed by atoms with Crippen LogP contribution >= 0.6 is 0 Å². The molecule has 0 heterocycles. The van der Waals surface area contributed by atoms with Gasteiger partial charge in [-0.15, -0.1) is 0 Å². The van der Waals surface area contributed by atoms with Crippen LogP contribution in [0.2, 0.25) is 0 Å². The molecule has 2 aromatic rings. The van der Waals surface area contributed by atoms with E-state index in [1.807, 2.05) is 12.1 Å². The molecule has 0 aliphatic carbocycles. The molecule has 2 aromatic carbocycles. The summed E-state index contributed by atoms with van der Waals surface area (Å²) < 4.78 is 0. The molecular formula is C19H21N3O4. The molecule has 0 aromatic heterocycles. The van der Waals surface area contributed by atoms with Crippen LogP contribution in [0.5, 0.6) is 0 Å². The maximum Gasteiger partial charge on any atom is 0.270 e. The van der Waals surface area contributed by atoms with Crippen LogP contribution in [-0.4, -0.2) is 23.3 Å². The first-order valence-corrected chi connectivity index (χ1v) is 8.10. The molecule has 0 aliphatic heterocycles. The van der Waals surface area contributed by atoms with Crippen molar-refractivity contribution in [3.63, 3.8) is 0 Å². The first kappa shape index (κ1) is 19.1. The van der Waals surface area contributed by atoms with Crippen LogP contribution in [0.25, 0.3) is 0 Å². The van der Waals surface area contributed by atoms with E-state index in [1.54, 1.807) is 12.1 Å². The van der Waals surface area contributed by atoms with Gasteiger partial charge in [0.15, 0.2) is 0 Å². The van der Waals surface area contributed by atoms with Gasteiger partial charge in [-0.25, -0.2) is 0 Å². The van der Waals surface area contributed by atoms with E-state index in [2.05, 4.69) is 31.4 Å². The Kier molecular flexibility index (Phi) is 5.71. The fraction of sp³-hybridized carbons (Fsp3) is 0.263. The van der Waals surface area contributed by atoms with Gasteiger partial charge in [-0.1, -0.05) is 39.0 Å². The average molecular weight is 355 g/mol. The molecule has 2 N–H and O–H groups in total. The second-order valence-electron chi connectivity index (χ2n) is 6.87. The second-order valence-corrected chi connectivity index (χ2v) is 6.87. The zero-order chi connectivity index (χ0) is 19.3. The van der Waals surface area contributed by atoms with Crippen molar-refractivity contribution in [1.82, 2.24) is 5.32 Å². The summed E-state index contributed by atoms with van der Waals surface area (Å²) in [7, 11) is 0. The van der Waals surface area contributed by atoms with E-state index in [-0.39, 0.29) is 29.1 Å². The van der Waals surface area contributed by atoms with Gasteiger partial charge in [-0.05, 0) is 29.2 Å². The monoisotopic (exact) mass is 355 g/mol. The largest absolute Gasteiger partial charge is 0.343 e. The van der Waals surface area contributed by atoms with E-state index in [0.717, 1.165) is 5.56 Å². The van der Waals surface area contributed by atoms with Gasteiger partial charge in [0.25, 0.3) is 11.6 Å². The molecule has 0 radical (unpaired) electrons. The number of nitro benzene ring substituents is 1. The Hall–Kier alpha value is -3.22. The molecule has 0 atom stereocenters. The fourth-order valence-corrected chi connectivity index (χ4v) is 2.28. The minimum absolute atomic E-state index is 0.0226. The zero-order valence-corrected chi connectivity index (χ0v) is 14.9. The number of carbonyl (C=O) groups is 2. The van der Waals surface area contributed by atoms with E-state index in [4.69, 9.17) is 0 Å². The van der Waals surface area contributed by atoms with Gasteiger partial charge in [0, 0.05) is 23.4 Å². The molecule has 136 valence electrons. The molecule has 7 nitrogen and oxygen atoms in total. The molecule has 0 saturated heterocycles. The maximum absolute atomic E-state index is 12.0. The number of nitro groups is 1.